The number of aromatic carboxylic acids is 1. The third-order valence-electron chi connectivity index (χ3n) is 3.33. The molecule has 0 amide bonds. The van der Waals surface area contributed by atoms with Gasteiger partial charge >= 0.3 is 5.97 Å². The Morgan fingerprint density at radius 2 is 2.10 bits per heavy atom. The predicted molar refractivity (Wildman–Crippen MR) is 78.3 cm³/mol. The average molecular weight is 276 g/mol. The smallest absolute Gasteiger partial charge is 0.335 e. The van der Waals surface area contributed by atoms with Crippen LogP contribution in [0, 0.1) is 0 Å². The first-order valence-electron chi connectivity index (χ1n) is 6.76. The van der Waals surface area contributed by atoms with Crippen LogP contribution in [0.4, 0.5) is 5.69 Å². The lowest BCUT2D eigenvalue weighted by molar-refractivity contribution is 0.0695. The Hall–Kier alpha value is -2.04. The van der Waals surface area contributed by atoms with Crippen molar-refractivity contribution >= 4 is 11.7 Å². The summed E-state index contributed by atoms with van der Waals surface area (Å²) in [5.41, 5.74) is 9.81. The normalized spacial score (nSPS) is 10.3. The molecule has 1 rings (SSSR count). The molecule has 0 spiro atoms. The van der Waals surface area contributed by atoms with Crippen molar-refractivity contribution in [2.75, 3.05) is 19.6 Å². The molecule has 0 aliphatic carbocycles. The Morgan fingerprint density at radius 1 is 1.40 bits per heavy atom. The Bertz CT molecular complexity index is 486. The highest BCUT2D eigenvalue weighted by atomic mass is 16.4. The molecule has 0 fully saturated rings. The fraction of sp³-hybridized carbons (Fsp3) is 0.500. The molecule has 1 aromatic rings. The SMILES string of the molecule is CCN(CC)CCCc1c(N=[N+]=[N-])cccc1C(=O)O. The molecule has 1 aromatic carbocycles. The maximum absolute atomic E-state index is 11.2. The highest BCUT2D eigenvalue weighted by Gasteiger charge is 2.13. The molecule has 108 valence electrons. The van der Waals surface area contributed by atoms with E-state index in [1.165, 1.54) is 0 Å². The molecule has 0 aliphatic heterocycles. The first-order valence-corrected chi connectivity index (χ1v) is 6.76. The Balaban J connectivity index is 2.90. The average Bonchev–Trinajstić information content (AvgIpc) is 2.45. The van der Waals surface area contributed by atoms with Crippen LogP contribution in [0.5, 0.6) is 0 Å². The minimum atomic E-state index is -0.988. The van der Waals surface area contributed by atoms with Gasteiger partial charge in [0.25, 0.3) is 0 Å². The molecule has 20 heavy (non-hydrogen) atoms. The van der Waals surface area contributed by atoms with Gasteiger partial charge in [0.05, 0.1) is 5.56 Å². The summed E-state index contributed by atoms with van der Waals surface area (Å²) in [4.78, 5) is 16.3. The van der Waals surface area contributed by atoms with E-state index >= 15 is 0 Å². The highest BCUT2D eigenvalue weighted by molar-refractivity contribution is 5.91. The molecule has 0 saturated heterocycles. The second kappa shape index (κ2) is 8.19. The first kappa shape index (κ1) is 16.0. The Kier molecular flexibility index (Phi) is 6.56. The van der Waals surface area contributed by atoms with Crippen molar-refractivity contribution in [3.05, 3.63) is 39.8 Å². The van der Waals surface area contributed by atoms with E-state index in [-0.39, 0.29) is 5.56 Å². The topological polar surface area (TPSA) is 89.3 Å². The molecule has 6 heteroatoms. The summed E-state index contributed by atoms with van der Waals surface area (Å²) >= 11 is 0. The summed E-state index contributed by atoms with van der Waals surface area (Å²) in [6, 6.07) is 4.80. The first-order chi connectivity index (χ1) is 9.63. The minimum Gasteiger partial charge on any atom is -0.478 e. The molecule has 0 aliphatic rings. The Labute approximate surface area is 118 Å². The highest BCUT2D eigenvalue weighted by Crippen LogP contribution is 2.25. The lowest BCUT2D eigenvalue weighted by Gasteiger charge is -2.18. The van der Waals surface area contributed by atoms with Crippen molar-refractivity contribution in [3.8, 4) is 0 Å². The van der Waals surface area contributed by atoms with E-state index in [0.29, 0.717) is 17.7 Å². The van der Waals surface area contributed by atoms with Crippen molar-refractivity contribution < 1.29 is 9.90 Å². The number of carboxylic acids is 1. The second-order valence-electron chi connectivity index (χ2n) is 4.43. The fourth-order valence-corrected chi connectivity index (χ4v) is 2.20. The molecule has 6 nitrogen and oxygen atoms in total. The van der Waals surface area contributed by atoms with E-state index in [1.807, 2.05) is 0 Å². The zero-order valence-corrected chi connectivity index (χ0v) is 11.9. The minimum absolute atomic E-state index is 0.217. The van der Waals surface area contributed by atoms with Crippen LogP contribution in [0.15, 0.2) is 23.3 Å². The molecule has 0 heterocycles. The molecule has 0 radical (unpaired) electrons. The number of rotatable bonds is 8. The van der Waals surface area contributed by atoms with Gasteiger partial charge in [-0.1, -0.05) is 31.1 Å². The Morgan fingerprint density at radius 3 is 2.65 bits per heavy atom. The van der Waals surface area contributed by atoms with E-state index in [2.05, 4.69) is 28.8 Å². The lowest BCUT2D eigenvalue weighted by atomic mass is 10.0. The van der Waals surface area contributed by atoms with E-state index in [9.17, 15) is 9.90 Å². The van der Waals surface area contributed by atoms with E-state index in [4.69, 9.17) is 5.53 Å². The molecule has 0 saturated carbocycles. The van der Waals surface area contributed by atoms with Crippen molar-refractivity contribution in [1.82, 2.24) is 4.90 Å². The van der Waals surface area contributed by atoms with Crippen LogP contribution < -0.4 is 0 Å². The van der Waals surface area contributed by atoms with Gasteiger partial charge in [0.15, 0.2) is 0 Å². The summed E-state index contributed by atoms with van der Waals surface area (Å²) < 4.78 is 0. The van der Waals surface area contributed by atoms with Gasteiger partial charge in [-0.25, -0.2) is 4.79 Å². The number of hydrogen-bond donors (Lipinski definition) is 1. The van der Waals surface area contributed by atoms with Crippen LogP contribution in [-0.2, 0) is 6.42 Å². The van der Waals surface area contributed by atoms with Crippen LogP contribution >= 0.6 is 0 Å². The number of azide groups is 1. The van der Waals surface area contributed by atoms with Gasteiger partial charge in [-0.3, -0.25) is 0 Å². The van der Waals surface area contributed by atoms with Crippen molar-refractivity contribution in [2.45, 2.75) is 26.7 Å². The van der Waals surface area contributed by atoms with Gasteiger partial charge in [-0.2, -0.15) is 0 Å². The maximum Gasteiger partial charge on any atom is 0.335 e. The summed E-state index contributed by atoms with van der Waals surface area (Å²) in [6.07, 6.45) is 1.42. The summed E-state index contributed by atoms with van der Waals surface area (Å²) in [6.45, 7) is 7.04. The molecule has 0 atom stereocenters. The number of nitrogens with zero attached hydrogens (tertiary/aromatic N) is 4. The largest absolute Gasteiger partial charge is 0.478 e. The summed E-state index contributed by atoms with van der Waals surface area (Å²) in [7, 11) is 0. The number of benzene rings is 1. The standard InChI is InChI=1S/C14H20N4O2/c1-3-18(4-2)10-6-8-11-12(14(19)20)7-5-9-13(11)16-17-15/h5,7,9H,3-4,6,8,10H2,1-2H3,(H,19,20). The third kappa shape index (κ3) is 4.26. The van der Waals surface area contributed by atoms with Gasteiger partial charge < -0.3 is 10.0 Å². The van der Waals surface area contributed by atoms with Crippen LogP contribution in [0.2, 0.25) is 0 Å². The van der Waals surface area contributed by atoms with Crippen molar-refractivity contribution in [3.63, 3.8) is 0 Å². The monoisotopic (exact) mass is 276 g/mol. The van der Waals surface area contributed by atoms with Crippen LogP contribution in [0.1, 0.15) is 36.2 Å². The van der Waals surface area contributed by atoms with Crippen LogP contribution in [0.3, 0.4) is 0 Å². The van der Waals surface area contributed by atoms with Gasteiger partial charge in [-0.05, 0) is 49.6 Å². The van der Waals surface area contributed by atoms with Crippen molar-refractivity contribution in [2.24, 2.45) is 5.11 Å². The molecule has 1 N–H and O–H groups in total. The fourth-order valence-electron chi connectivity index (χ4n) is 2.20. The quantitative estimate of drug-likeness (QED) is 0.447. The molecular weight excluding hydrogens is 256 g/mol. The van der Waals surface area contributed by atoms with E-state index in [0.717, 1.165) is 26.1 Å². The molecule has 0 aromatic heterocycles. The molecule has 0 unspecified atom stereocenters. The predicted octanol–water partition coefficient (Wildman–Crippen LogP) is 3.60. The molecular formula is C14H20N4O2. The lowest BCUT2D eigenvalue weighted by Crippen LogP contribution is -2.24. The molecule has 0 bridgehead atoms. The number of carboxylic acid groups (broad SMARTS) is 1. The van der Waals surface area contributed by atoms with E-state index in [1.54, 1.807) is 18.2 Å². The summed E-state index contributed by atoms with van der Waals surface area (Å²) in [5.74, 6) is -0.988. The maximum atomic E-state index is 11.2. The third-order valence-corrected chi connectivity index (χ3v) is 3.33. The van der Waals surface area contributed by atoms with Gasteiger partial charge in [-0.15, -0.1) is 0 Å². The van der Waals surface area contributed by atoms with Crippen LogP contribution in [0.25, 0.3) is 10.4 Å². The zero-order valence-electron chi connectivity index (χ0n) is 11.9. The van der Waals surface area contributed by atoms with Crippen molar-refractivity contribution in [1.29, 1.82) is 0 Å². The van der Waals surface area contributed by atoms with Gasteiger partial charge in [0.1, 0.15) is 0 Å². The summed E-state index contributed by atoms with van der Waals surface area (Å²) in [5, 5.41) is 12.8. The second-order valence-corrected chi connectivity index (χ2v) is 4.43. The zero-order chi connectivity index (χ0) is 15.0. The number of carbonyl (C=O) groups is 1. The van der Waals surface area contributed by atoms with E-state index < -0.39 is 5.97 Å². The number of hydrogen-bond acceptors (Lipinski definition) is 3. The van der Waals surface area contributed by atoms with Gasteiger partial charge in [0, 0.05) is 10.6 Å². The van der Waals surface area contributed by atoms with Gasteiger partial charge in [0.2, 0.25) is 0 Å². The van der Waals surface area contributed by atoms with Crippen LogP contribution in [-0.4, -0.2) is 35.6 Å².